The zero-order valence-electron chi connectivity index (χ0n) is 13.0. The van der Waals surface area contributed by atoms with E-state index in [2.05, 4.69) is 10.6 Å². The van der Waals surface area contributed by atoms with Crippen LogP contribution in [-0.2, 0) is 12.8 Å². The summed E-state index contributed by atoms with van der Waals surface area (Å²) in [6.07, 6.45) is 3.36. The van der Waals surface area contributed by atoms with Gasteiger partial charge >= 0.3 is 0 Å². The Hall–Kier alpha value is -2.01. The van der Waals surface area contributed by atoms with Gasteiger partial charge in [-0.05, 0) is 30.9 Å². The summed E-state index contributed by atoms with van der Waals surface area (Å²) in [5.41, 5.74) is 4.83. The zero-order chi connectivity index (χ0) is 15.1. The molecule has 4 rings (SSSR count). The molecular weight excluding hydrogens is 278 g/mol. The standard InChI is InChI=1S/C17H21N3O2/c1-21-15-6-12-14(7-16(15)22-2)20-13-5-3-4-11(13)17(12)19-10-8-18-9-10/h6-7,10,18H,3-5,8-9H2,1-2H3,(H,19,20). The number of nitrogens with one attached hydrogen (secondary N) is 2. The molecular formula is C17H21N3O2. The number of ether oxygens (including phenoxy) is 2. The van der Waals surface area contributed by atoms with Crippen molar-refractivity contribution in [1.29, 1.82) is 0 Å². The van der Waals surface area contributed by atoms with Crippen LogP contribution in [0.5, 0.6) is 11.5 Å². The van der Waals surface area contributed by atoms with Gasteiger partial charge in [0.1, 0.15) is 0 Å². The van der Waals surface area contributed by atoms with Gasteiger partial charge in [0.05, 0.1) is 25.8 Å². The number of hydrogen-bond acceptors (Lipinski definition) is 5. The Morgan fingerprint density at radius 3 is 2.59 bits per heavy atom. The molecule has 0 radical (unpaired) electrons. The van der Waals surface area contributed by atoms with Gasteiger partial charge < -0.3 is 20.1 Å². The van der Waals surface area contributed by atoms with E-state index in [1.807, 2.05) is 12.1 Å². The second-order valence-electron chi connectivity index (χ2n) is 5.99. The first-order chi connectivity index (χ1) is 10.8. The molecule has 0 bridgehead atoms. The van der Waals surface area contributed by atoms with Crippen LogP contribution in [0.15, 0.2) is 12.1 Å². The molecule has 0 unspecified atom stereocenters. The van der Waals surface area contributed by atoms with E-state index in [0.717, 1.165) is 48.3 Å². The van der Waals surface area contributed by atoms with E-state index in [0.29, 0.717) is 6.04 Å². The van der Waals surface area contributed by atoms with Gasteiger partial charge in [0.15, 0.2) is 11.5 Å². The highest BCUT2D eigenvalue weighted by molar-refractivity contribution is 5.96. The van der Waals surface area contributed by atoms with E-state index in [4.69, 9.17) is 14.5 Å². The van der Waals surface area contributed by atoms with Crippen molar-refractivity contribution in [1.82, 2.24) is 10.3 Å². The molecule has 0 saturated carbocycles. The SMILES string of the molecule is COc1cc2nc3c(c(NC4CNC4)c2cc1OC)CCC3. The maximum Gasteiger partial charge on any atom is 0.162 e. The third kappa shape index (κ3) is 2.08. The molecule has 5 nitrogen and oxygen atoms in total. The van der Waals surface area contributed by atoms with Gasteiger partial charge in [-0.1, -0.05) is 0 Å². The van der Waals surface area contributed by atoms with Crippen molar-refractivity contribution in [3.8, 4) is 11.5 Å². The Balaban J connectivity index is 1.92. The third-order valence-electron chi connectivity index (χ3n) is 4.65. The van der Waals surface area contributed by atoms with Crippen molar-refractivity contribution >= 4 is 16.6 Å². The second-order valence-corrected chi connectivity index (χ2v) is 5.99. The Morgan fingerprint density at radius 2 is 1.91 bits per heavy atom. The second kappa shape index (κ2) is 5.32. The Morgan fingerprint density at radius 1 is 1.14 bits per heavy atom. The largest absolute Gasteiger partial charge is 0.493 e. The van der Waals surface area contributed by atoms with Crippen molar-refractivity contribution in [3.63, 3.8) is 0 Å². The van der Waals surface area contributed by atoms with Crippen molar-refractivity contribution in [2.24, 2.45) is 0 Å². The lowest BCUT2D eigenvalue weighted by molar-refractivity contribution is 0.356. The van der Waals surface area contributed by atoms with Crippen molar-refractivity contribution in [2.75, 3.05) is 32.6 Å². The summed E-state index contributed by atoms with van der Waals surface area (Å²) >= 11 is 0. The molecule has 1 aromatic heterocycles. The Labute approximate surface area is 130 Å². The third-order valence-corrected chi connectivity index (χ3v) is 4.65. The lowest BCUT2D eigenvalue weighted by Crippen LogP contribution is -2.51. The molecule has 2 aliphatic rings. The topological polar surface area (TPSA) is 55.4 Å². The van der Waals surface area contributed by atoms with Gasteiger partial charge in [-0.25, -0.2) is 0 Å². The molecule has 2 heterocycles. The van der Waals surface area contributed by atoms with Crippen LogP contribution in [-0.4, -0.2) is 38.3 Å². The first-order valence-electron chi connectivity index (χ1n) is 7.85. The molecule has 1 saturated heterocycles. The monoisotopic (exact) mass is 299 g/mol. The van der Waals surface area contributed by atoms with Crippen LogP contribution in [0.1, 0.15) is 17.7 Å². The highest BCUT2D eigenvalue weighted by atomic mass is 16.5. The highest BCUT2D eigenvalue weighted by Crippen LogP contribution is 2.39. The first kappa shape index (κ1) is 13.6. The van der Waals surface area contributed by atoms with Crippen molar-refractivity contribution in [3.05, 3.63) is 23.4 Å². The Bertz CT molecular complexity index is 726. The molecule has 1 aromatic carbocycles. The fourth-order valence-electron chi connectivity index (χ4n) is 3.35. The number of benzene rings is 1. The minimum Gasteiger partial charge on any atom is -0.493 e. The van der Waals surface area contributed by atoms with E-state index in [1.54, 1.807) is 14.2 Å². The average molecular weight is 299 g/mol. The molecule has 116 valence electrons. The summed E-state index contributed by atoms with van der Waals surface area (Å²) in [4.78, 5) is 4.86. The minimum atomic E-state index is 0.503. The summed E-state index contributed by atoms with van der Waals surface area (Å²) in [6, 6.07) is 4.54. The van der Waals surface area contributed by atoms with Crippen molar-refractivity contribution < 1.29 is 9.47 Å². The normalized spacial score (nSPS) is 17.2. The van der Waals surface area contributed by atoms with Gasteiger partial charge in [-0.2, -0.15) is 0 Å². The fraction of sp³-hybridized carbons (Fsp3) is 0.471. The summed E-state index contributed by atoms with van der Waals surface area (Å²) in [6.45, 7) is 2.04. The van der Waals surface area contributed by atoms with E-state index in [-0.39, 0.29) is 0 Å². The molecule has 2 N–H and O–H groups in total. The predicted octanol–water partition coefficient (Wildman–Crippen LogP) is 2.12. The van der Waals surface area contributed by atoms with Gasteiger partial charge in [0, 0.05) is 35.9 Å². The van der Waals surface area contributed by atoms with Crippen LogP contribution in [0, 0.1) is 0 Å². The van der Waals surface area contributed by atoms with Crippen LogP contribution in [0.2, 0.25) is 0 Å². The lowest BCUT2D eigenvalue weighted by Gasteiger charge is -2.30. The van der Waals surface area contributed by atoms with E-state index < -0.39 is 0 Å². The van der Waals surface area contributed by atoms with E-state index >= 15 is 0 Å². The predicted molar refractivity (Wildman–Crippen MR) is 87.2 cm³/mol. The number of pyridine rings is 1. The number of fused-ring (bicyclic) bond motifs is 2. The minimum absolute atomic E-state index is 0.503. The number of rotatable bonds is 4. The fourth-order valence-corrected chi connectivity index (χ4v) is 3.35. The van der Waals surface area contributed by atoms with E-state index in [1.165, 1.54) is 23.4 Å². The first-order valence-corrected chi connectivity index (χ1v) is 7.85. The summed E-state index contributed by atoms with van der Waals surface area (Å²) < 4.78 is 10.9. The summed E-state index contributed by atoms with van der Waals surface area (Å²) in [5, 5.41) is 8.16. The van der Waals surface area contributed by atoms with Crippen LogP contribution >= 0.6 is 0 Å². The Kier molecular flexibility index (Phi) is 3.30. The molecule has 1 fully saturated rings. The van der Waals surface area contributed by atoms with Crippen LogP contribution in [0.3, 0.4) is 0 Å². The molecule has 2 aromatic rings. The van der Waals surface area contributed by atoms with Crippen LogP contribution in [0.25, 0.3) is 10.9 Å². The molecule has 0 atom stereocenters. The number of nitrogens with zero attached hydrogens (tertiary/aromatic N) is 1. The molecule has 0 spiro atoms. The number of aryl methyl sites for hydroxylation is 1. The highest BCUT2D eigenvalue weighted by Gasteiger charge is 2.24. The lowest BCUT2D eigenvalue weighted by atomic mass is 10.0. The van der Waals surface area contributed by atoms with E-state index in [9.17, 15) is 0 Å². The number of hydrogen-bond donors (Lipinski definition) is 2. The number of methoxy groups -OCH3 is 2. The maximum atomic E-state index is 5.47. The van der Waals surface area contributed by atoms with Crippen LogP contribution in [0.4, 0.5) is 5.69 Å². The number of anilines is 1. The van der Waals surface area contributed by atoms with Crippen LogP contribution < -0.4 is 20.1 Å². The van der Waals surface area contributed by atoms with Gasteiger partial charge in [0.25, 0.3) is 0 Å². The number of aromatic nitrogens is 1. The average Bonchev–Trinajstić information content (AvgIpc) is 2.96. The van der Waals surface area contributed by atoms with Gasteiger partial charge in [-0.3, -0.25) is 4.98 Å². The van der Waals surface area contributed by atoms with Gasteiger partial charge in [-0.15, -0.1) is 0 Å². The molecule has 0 amide bonds. The smallest absolute Gasteiger partial charge is 0.162 e. The van der Waals surface area contributed by atoms with Crippen molar-refractivity contribution in [2.45, 2.75) is 25.3 Å². The molecule has 1 aliphatic heterocycles. The van der Waals surface area contributed by atoms with Gasteiger partial charge in [0.2, 0.25) is 0 Å². The molecule has 5 heteroatoms. The molecule has 1 aliphatic carbocycles. The summed E-state index contributed by atoms with van der Waals surface area (Å²) in [5.74, 6) is 1.49. The zero-order valence-corrected chi connectivity index (χ0v) is 13.0. The maximum absolute atomic E-state index is 5.47. The summed E-state index contributed by atoms with van der Waals surface area (Å²) in [7, 11) is 3.34. The molecule has 22 heavy (non-hydrogen) atoms. The quantitative estimate of drug-likeness (QED) is 0.906.